The van der Waals surface area contributed by atoms with Crippen molar-refractivity contribution in [2.45, 2.75) is 52.5 Å². The summed E-state index contributed by atoms with van der Waals surface area (Å²) >= 11 is 0. The maximum atomic E-state index is 12.9. The van der Waals surface area contributed by atoms with E-state index < -0.39 is 29.2 Å². The number of carboxylic acids is 1. The van der Waals surface area contributed by atoms with E-state index in [1.54, 1.807) is 32.9 Å². The van der Waals surface area contributed by atoms with Gasteiger partial charge in [-0.05, 0) is 67.0 Å². The summed E-state index contributed by atoms with van der Waals surface area (Å²) in [5.74, 6) is -1.06. The average Bonchev–Trinajstić information content (AvgIpc) is 3.05. The molecule has 1 aliphatic rings. The summed E-state index contributed by atoms with van der Waals surface area (Å²) in [5.41, 5.74) is 0.640. The summed E-state index contributed by atoms with van der Waals surface area (Å²) in [6.45, 7) is 9.94. The van der Waals surface area contributed by atoms with E-state index in [1.165, 1.54) is 12.1 Å². The Labute approximate surface area is 206 Å². The lowest BCUT2D eigenvalue weighted by Gasteiger charge is -2.33. The topological polar surface area (TPSA) is 93.1 Å². The molecular weight excluding hydrogens is 446 g/mol. The van der Waals surface area contributed by atoms with Crippen LogP contribution in [0.25, 0.3) is 6.08 Å². The Morgan fingerprint density at radius 2 is 1.46 bits per heavy atom. The fourth-order valence-corrected chi connectivity index (χ4v) is 4.07. The minimum Gasteiger partial charge on any atom is -0.494 e. The summed E-state index contributed by atoms with van der Waals surface area (Å²) in [7, 11) is 0. The second kappa shape index (κ2) is 11.2. The molecule has 7 heteroatoms. The van der Waals surface area contributed by atoms with Crippen molar-refractivity contribution in [2.75, 3.05) is 13.2 Å². The first-order valence-electron chi connectivity index (χ1n) is 11.9. The van der Waals surface area contributed by atoms with Crippen LogP contribution in [-0.4, -0.2) is 47.0 Å². The minimum atomic E-state index is -1.25. The largest absolute Gasteiger partial charge is 0.494 e. The van der Waals surface area contributed by atoms with Crippen LogP contribution in [-0.2, 0) is 4.79 Å². The van der Waals surface area contributed by atoms with Gasteiger partial charge in [-0.15, -0.1) is 0 Å². The molecule has 2 amide bonds. The van der Waals surface area contributed by atoms with Gasteiger partial charge in [0.2, 0.25) is 0 Å². The third-order valence-electron chi connectivity index (χ3n) is 5.89. The number of carbonyl (C=O) groups excluding carboxylic acids is 2. The predicted octanol–water partition coefficient (Wildman–Crippen LogP) is 5.44. The van der Waals surface area contributed by atoms with Gasteiger partial charge in [-0.25, -0.2) is 4.79 Å². The van der Waals surface area contributed by atoms with Gasteiger partial charge >= 0.3 is 5.97 Å². The molecule has 0 aliphatic carbocycles. The summed E-state index contributed by atoms with van der Waals surface area (Å²) in [4.78, 5) is 38.4. The Kier molecular flexibility index (Phi) is 8.33. The molecule has 1 aliphatic heterocycles. The van der Waals surface area contributed by atoms with E-state index in [0.29, 0.717) is 19.0 Å². The second-order valence-electron chi connectivity index (χ2n) is 9.68. The van der Waals surface area contributed by atoms with Crippen molar-refractivity contribution in [3.63, 3.8) is 0 Å². The monoisotopic (exact) mass is 479 g/mol. The van der Waals surface area contributed by atoms with Crippen LogP contribution in [0.5, 0.6) is 11.5 Å². The molecule has 1 atom stereocenters. The van der Waals surface area contributed by atoms with Crippen LogP contribution in [0.3, 0.4) is 0 Å². The summed E-state index contributed by atoms with van der Waals surface area (Å²) in [5, 5.41) is 9.65. The van der Waals surface area contributed by atoms with Crippen LogP contribution in [0.15, 0.2) is 49.0 Å². The standard InChI is InChI=1S/C28H33NO6/c1-5-19-10-12-20(13-11-19)34-16-8-6-7-9-17-35-21-14-15-22-23(18-21)26(31)29(25(22)30)24(27(32)33)28(2,3)4/h5,10-15,18,24H,1,6-9,16-17H2,2-4H3,(H,32,33)/t24-/m1/s1. The molecule has 3 rings (SSSR count). The molecule has 0 radical (unpaired) electrons. The van der Waals surface area contributed by atoms with E-state index in [1.807, 2.05) is 24.3 Å². The first kappa shape index (κ1) is 26.0. The molecule has 35 heavy (non-hydrogen) atoms. The number of hydrogen-bond acceptors (Lipinski definition) is 5. The van der Waals surface area contributed by atoms with Gasteiger partial charge in [0.25, 0.3) is 11.8 Å². The Balaban J connectivity index is 1.44. The molecule has 0 fully saturated rings. The van der Waals surface area contributed by atoms with Gasteiger partial charge in [0.05, 0.1) is 24.3 Å². The van der Waals surface area contributed by atoms with Crippen molar-refractivity contribution >= 4 is 23.9 Å². The normalized spacial score (nSPS) is 14.0. The number of carboxylic acid groups (broad SMARTS) is 1. The van der Waals surface area contributed by atoms with Gasteiger partial charge < -0.3 is 14.6 Å². The van der Waals surface area contributed by atoms with Crippen LogP contribution in [0.4, 0.5) is 0 Å². The third-order valence-corrected chi connectivity index (χ3v) is 5.89. The van der Waals surface area contributed by atoms with Crippen LogP contribution in [0.2, 0.25) is 0 Å². The number of nitrogens with zero attached hydrogens (tertiary/aromatic N) is 1. The van der Waals surface area contributed by atoms with Crippen LogP contribution < -0.4 is 9.47 Å². The van der Waals surface area contributed by atoms with Crippen LogP contribution in [0.1, 0.15) is 72.7 Å². The fraction of sp³-hybridized carbons (Fsp3) is 0.393. The molecule has 7 nitrogen and oxygen atoms in total. The molecular formula is C28H33NO6. The molecule has 0 bridgehead atoms. The fourth-order valence-electron chi connectivity index (χ4n) is 4.07. The molecule has 0 saturated carbocycles. The number of benzene rings is 2. The van der Waals surface area contributed by atoms with E-state index in [2.05, 4.69) is 6.58 Å². The Bertz CT molecular complexity index is 1080. The number of amides is 2. The molecule has 0 aromatic heterocycles. The molecule has 1 N–H and O–H groups in total. The van der Waals surface area contributed by atoms with E-state index in [0.717, 1.165) is 41.9 Å². The van der Waals surface area contributed by atoms with E-state index in [-0.39, 0.29) is 11.1 Å². The van der Waals surface area contributed by atoms with Gasteiger partial charge in [0.1, 0.15) is 17.5 Å². The minimum absolute atomic E-state index is 0.182. The lowest BCUT2D eigenvalue weighted by molar-refractivity contribution is -0.145. The predicted molar refractivity (Wildman–Crippen MR) is 134 cm³/mol. The van der Waals surface area contributed by atoms with Gasteiger partial charge in [0.15, 0.2) is 0 Å². The van der Waals surface area contributed by atoms with Crippen molar-refractivity contribution in [1.29, 1.82) is 0 Å². The SMILES string of the molecule is C=Cc1ccc(OCCCCCCOc2ccc3c(c2)C(=O)N([C@H](C(=O)O)C(C)(C)C)C3=O)cc1. The molecule has 0 spiro atoms. The second-order valence-corrected chi connectivity index (χ2v) is 9.68. The Hall–Kier alpha value is -3.61. The maximum Gasteiger partial charge on any atom is 0.327 e. The van der Waals surface area contributed by atoms with Crippen molar-refractivity contribution in [3.8, 4) is 11.5 Å². The highest BCUT2D eigenvalue weighted by molar-refractivity contribution is 6.22. The molecule has 0 unspecified atom stereocenters. The average molecular weight is 480 g/mol. The van der Waals surface area contributed by atoms with Crippen LogP contribution >= 0.6 is 0 Å². The van der Waals surface area contributed by atoms with Crippen LogP contribution in [0, 0.1) is 5.41 Å². The van der Waals surface area contributed by atoms with Gasteiger partial charge in [-0.3, -0.25) is 14.5 Å². The van der Waals surface area contributed by atoms with Crippen molar-refractivity contribution in [2.24, 2.45) is 5.41 Å². The molecule has 186 valence electrons. The molecule has 0 saturated heterocycles. The highest BCUT2D eigenvalue weighted by Crippen LogP contribution is 2.34. The van der Waals surface area contributed by atoms with Crippen molar-refractivity contribution in [1.82, 2.24) is 4.90 Å². The summed E-state index contributed by atoms with van der Waals surface area (Å²) < 4.78 is 11.5. The number of rotatable bonds is 12. The van der Waals surface area contributed by atoms with E-state index in [9.17, 15) is 19.5 Å². The van der Waals surface area contributed by atoms with Gasteiger partial charge in [0, 0.05) is 0 Å². The highest BCUT2D eigenvalue weighted by atomic mass is 16.5. The highest BCUT2D eigenvalue weighted by Gasteiger charge is 2.47. The molecule has 2 aromatic rings. The number of carbonyl (C=O) groups is 3. The number of ether oxygens (including phenoxy) is 2. The Morgan fingerprint density at radius 1 is 0.914 bits per heavy atom. The zero-order valence-electron chi connectivity index (χ0n) is 20.6. The Morgan fingerprint density at radius 3 is 2.00 bits per heavy atom. The maximum absolute atomic E-state index is 12.9. The molecule has 2 aromatic carbocycles. The van der Waals surface area contributed by atoms with Crippen molar-refractivity contribution < 1.29 is 29.0 Å². The number of unbranched alkanes of at least 4 members (excludes halogenated alkanes) is 3. The summed E-state index contributed by atoms with van der Waals surface area (Å²) in [6, 6.07) is 11.3. The lowest BCUT2D eigenvalue weighted by Crippen LogP contribution is -2.51. The zero-order valence-corrected chi connectivity index (χ0v) is 20.6. The van der Waals surface area contributed by atoms with Gasteiger partial charge in [-0.2, -0.15) is 0 Å². The lowest BCUT2D eigenvalue weighted by atomic mass is 9.85. The number of imide groups is 1. The smallest absolute Gasteiger partial charge is 0.327 e. The van der Waals surface area contributed by atoms with E-state index >= 15 is 0 Å². The summed E-state index contributed by atoms with van der Waals surface area (Å²) in [6.07, 6.45) is 5.55. The molecule has 1 heterocycles. The number of hydrogen-bond donors (Lipinski definition) is 1. The zero-order chi connectivity index (χ0) is 25.6. The number of fused-ring (bicyclic) bond motifs is 1. The van der Waals surface area contributed by atoms with Crippen molar-refractivity contribution in [3.05, 3.63) is 65.7 Å². The third kappa shape index (κ3) is 6.29. The first-order valence-corrected chi connectivity index (χ1v) is 11.9. The number of aliphatic carboxylic acids is 1. The van der Waals surface area contributed by atoms with E-state index in [4.69, 9.17) is 9.47 Å². The van der Waals surface area contributed by atoms with Gasteiger partial charge in [-0.1, -0.05) is 45.6 Å². The quantitative estimate of drug-likeness (QED) is 0.322. The first-order chi connectivity index (χ1) is 16.6.